The van der Waals surface area contributed by atoms with Crippen molar-refractivity contribution in [1.82, 2.24) is 9.88 Å². The molecule has 0 spiro atoms. The van der Waals surface area contributed by atoms with Crippen LogP contribution in [0.15, 0.2) is 12.1 Å². The number of rotatable bonds is 0. The van der Waals surface area contributed by atoms with Crippen molar-refractivity contribution < 1.29 is 9.53 Å². The maximum atomic E-state index is 12.2. The number of nitrogens with two attached hydrogens (primary N) is 1. The van der Waals surface area contributed by atoms with Gasteiger partial charge in [-0.25, -0.2) is 9.78 Å². The molecule has 0 radical (unpaired) electrons. The molecule has 0 saturated carbocycles. The minimum atomic E-state index is -0.476. The van der Waals surface area contributed by atoms with Crippen molar-refractivity contribution in [1.29, 1.82) is 0 Å². The van der Waals surface area contributed by atoms with E-state index in [4.69, 9.17) is 10.5 Å². The first-order valence-electron chi connectivity index (χ1n) is 6.53. The third-order valence-electron chi connectivity index (χ3n) is 3.17. The Labute approximate surface area is 113 Å². The van der Waals surface area contributed by atoms with Gasteiger partial charge in [-0.1, -0.05) is 6.07 Å². The van der Waals surface area contributed by atoms with E-state index in [1.807, 2.05) is 33.8 Å². The van der Waals surface area contributed by atoms with Gasteiger partial charge in [0.05, 0.1) is 6.04 Å². The van der Waals surface area contributed by atoms with Gasteiger partial charge in [-0.05, 0) is 39.3 Å². The van der Waals surface area contributed by atoms with Gasteiger partial charge in [-0.3, -0.25) is 0 Å². The van der Waals surface area contributed by atoms with Crippen molar-refractivity contribution in [2.45, 2.75) is 45.8 Å². The standard InChI is InChI=1S/C14H21N3O2/c1-9-10-5-6-12(15)16-11(10)7-8-17(9)13(18)19-14(2,3)4/h5-6,9H,7-8H2,1-4H3,(H2,15,16)/t9-/m1/s1. The van der Waals surface area contributed by atoms with Crippen LogP contribution >= 0.6 is 0 Å². The molecule has 1 aromatic heterocycles. The number of pyridine rings is 1. The van der Waals surface area contributed by atoms with Crippen molar-refractivity contribution in [2.75, 3.05) is 12.3 Å². The van der Waals surface area contributed by atoms with Crippen molar-refractivity contribution in [3.8, 4) is 0 Å². The number of aromatic nitrogens is 1. The van der Waals surface area contributed by atoms with Crippen LogP contribution in [-0.2, 0) is 11.2 Å². The summed E-state index contributed by atoms with van der Waals surface area (Å²) in [5.74, 6) is 0.525. The predicted molar refractivity (Wildman–Crippen MR) is 73.7 cm³/mol. The fourth-order valence-electron chi connectivity index (χ4n) is 2.27. The zero-order chi connectivity index (χ0) is 14.2. The zero-order valence-electron chi connectivity index (χ0n) is 11.9. The van der Waals surface area contributed by atoms with Gasteiger partial charge in [0.15, 0.2) is 0 Å². The van der Waals surface area contributed by atoms with Gasteiger partial charge in [0, 0.05) is 18.7 Å². The van der Waals surface area contributed by atoms with Crippen LogP contribution in [-0.4, -0.2) is 28.1 Å². The molecule has 0 aromatic carbocycles. The highest BCUT2D eigenvalue weighted by Crippen LogP contribution is 2.30. The SMILES string of the molecule is C[C@@H]1c2ccc(N)nc2CCN1C(=O)OC(C)(C)C. The molecule has 0 bridgehead atoms. The number of nitrogen functional groups attached to an aromatic ring is 1. The van der Waals surface area contributed by atoms with E-state index in [0.29, 0.717) is 18.8 Å². The van der Waals surface area contributed by atoms with Crippen LogP contribution in [0.2, 0.25) is 0 Å². The average molecular weight is 263 g/mol. The van der Waals surface area contributed by atoms with Crippen molar-refractivity contribution >= 4 is 11.9 Å². The van der Waals surface area contributed by atoms with Gasteiger partial charge < -0.3 is 15.4 Å². The van der Waals surface area contributed by atoms with Gasteiger partial charge in [0.1, 0.15) is 11.4 Å². The number of nitrogens with zero attached hydrogens (tertiary/aromatic N) is 2. The molecular formula is C14H21N3O2. The summed E-state index contributed by atoms with van der Waals surface area (Å²) in [4.78, 5) is 18.2. The highest BCUT2D eigenvalue weighted by atomic mass is 16.6. The summed E-state index contributed by atoms with van der Waals surface area (Å²) in [6.45, 7) is 8.21. The van der Waals surface area contributed by atoms with E-state index in [0.717, 1.165) is 11.3 Å². The first-order valence-corrected chi connectivity index (χ1v) is 6.53. The number of fused-ring (bicyclic) bond motifs is 1. The number of hydrogen-bond acceptors (Lipinski definition) is 4. The van der Waals surface area contributed by atoms with E-state index in [9.17, 15) is 4.79 Å². The molecule has 0 unspecified atom stereocenters. The Morgan fingerprint density at radius 1 is 1.47 bits per heavy atom. The number of hydrogen-bond donors (Lipinski definition) is 1. The second-order valence-corrected chi connectivity index (χ2v) is 5.87. The molecule has 1 aromatic rings. The molecule has 19 heavy (non-hydrogen) atoms. The minimum Gasteiger partial charge on any atom is -0.444 e. The number of carbonyl (C=O) groups excluding carboxylic acids is 1. The molecular weight excluding hydrogens is 242 g/mol. The van der Waals surface area contributed by atoms with E-state index < -0.39 is 5.60 Å². The normalized spacial score (nSPS) is 18.9. The fraction of sp³-hybridized carbons (Fsp3) is 0.571. The molecule has 5 nitrogen and oxygen atoms in total. The van der Waals surface area contributed by atoms with E-state index >= 15 is 0 Å². The van der Waals surface area contributed by atoms with Gasteiger partial charge in [0.25, 0.3) is 0 Å². The first kappa shape index (κ1) is 13.6. The van der Waals surface area contributed by atoms with Crippen LogP contribution in [0.25, 0.3) is 0 Å². The van der Waals surface area contributed by atoms with Gasteiger partial charge in [-0.2, -0.15) is 0 Å². The highest BCUT2D eigenvalue weighted by Gasteiger charge is 2.31. The van der Waals surface area contributed by atoms with Crippen LogP contribution in [0.3, 0.4) is 0 Å². The zero-order valence-corrected chi connectivity index (χ0v) is 11.9. The Balaban J connectivity index is 2.19. The van der Waals surface area contributed by atoms with Crippen LogP contribution in [0, 0.1) is 0 Å². The summed E-state index contributed by atoms with van der Waals surface area (Å²) in [6.07, 6.45) is 0.437. The summed E-state index contributed by atoms with van der Waals surface area (Å²) in [7, 11) is 0. The van der Waals surface area contributed by atoms with E-state index in [1.54, 1.807) is 11.0 Å². The molecule has 0 saturated heterocycles. The topological polar surface area (TPSA) is 68.5 Å². The summed E-state index contributed by atoms with van der Waals surface area (Å²) >= 11 is 0. The molecule has 0 fully saturated rings. The first-order chi connectivity index (χ1) is 8.78. The second-order valence-electron chi connectivity index (χ2n) is 5.87. The number of amides is 1. The average Bonchev–Trinajstić information content (AvgIpc) is 2.26. The maximum absolute atomic E-state index is 12.2. The summed E-state index contributed by atoms with van der Waals surface area (Å²) < 4.78 is 5.43. The number of anilines is 1. The lowest BCUT2D eigenvalue weighted by Gasteiger charge is -2.35. The Bertz CT molecular complexity index is 494. The van der Waals surface area contributed by atoms with Crippen LogP contribution < -0.4 is 5.73 Å². The van der Waals surface area contributed by atoms with Gasteiger partial charge in [0.2, 0.25) is 0 Å². The van der Waals surface area contributed by atoms with E-state index in [2.05, 4.69) is 4.98 Å². The minimum absolute atomic E-state index is 0.0355. The molecule has 1 atom stereocenters. The molecule has 2 rings (SSSR count). The van der Waals surface area contributed by atoms with Crippen LogP contribution in [0.4, 0.5) is 10.6 Å². The Morgan fingerprint density at radius 3 is 2.79 bits per heavy atom. The maximum Gasteiger partial charge on any atom is 0.410 e. The van der Waals surface area contributed by atoms with Crippen molar-refractivity contribution in [3.63, 3.8) is 0 Å². The summed E-state index contributed by atoms with van der Waals surface area (Å²) in [5.41, 5.74) is 7.24. The largest absolute Gasteiger partial charge is 0.444 e. The third-order valence-corrected chi connectivity index (χ3v) is 3.17. The van der Waals surface area contributed by atoms with Crippen LogP contribution in [0.1, 0.15) is 45.0 Å². The van der Waals surface area contributed by atoms with E-state index in [1.165, 1.54) is 0 Å². The summed E-state index contributed by atoms with van der Waals surface area (Å²) in [6, 6.07) is 3.68. The molecule has 1 aliphatic rings. The summed E-state index contributed by atoms with van der Waals surface area (Å²) in [5, 5.41) is 0. The molecule has 5 heteroatoms. The molecule has 104 valence electrons. The van der Waals surface area contributed by atoms with Crippen molar-refractivity contribution in [2.24, 2.45) is 0 Å². The van der Waals surface area contributed by atoms with Gasteiger partial charge in [-0.15, -0.1) is 0 Å². The quantitative estimate of drug-likeness (QED) is 0.781. The molecule has 2 heterocycles. The lowest BCUT2D eigenvalue weighted by Crippen LogP contribution is -2.42. The Morgan fingerprint density at radius 2 is 2.16 bits per heavy atom. The molecule has 2 N–H and O–H groups in total. The molecule has 1 aliphatic heterocycles. The lowest BCUT2D eigenvalue weighted by atomic mass is 9.98. The highest BCUT2D eigenvalue weighted by molar-refractivity contribution is 5.69. The lowest BCUT2D eigenvalue weighted by molar-refractivity contribution is 0.0158. The smallest absolute Gasteiger partial charge is 0.410 e. The second kappa shape index (κ2) is 4.72. The van der Waals surface area contributed by atoms with Crippen molar-refractivity contribution in [3.05, 3.63) is 23.4 Å². The fourth-order valence-corrected chi connectivity index (χ4v) is 2.27. The number of ether oxygens (including phenoxy) is 1. The van der Waals surface area contributed by atoms with Crippen LogP contribution in [0.5, 0.6) is 0 Å². The predicted octanol–water partition coefficient (Wildman–Crippen LogP) is 2.52. The molecule has 0 aliphatic carbocycles. The third kappa shape index (κ3) is 2.97. The van der Waals surface area contributed by atoms with Gasteiger partial charge >= 0.3 is 6.09 Å². The Hall–Kier alpha value is -1.78. The number of carbonyl (C=O) groups is 1. The molecule has 1 amide bonds. The van der Waals surface area contributed by atoms with E-state index in [-0.39, 0.29) is 12.1 Å². The monoisotopic (exact) mass is 263 g/mol. The Kier molecular flexibility index (Phi) is 3.39.